The Bertz CT molecular complexity index is 627. The molecule has 0 saturated heterocycles. The van der Waals surface area contributed by atoms with Crippen LogP contribution >= 0.6 is 0 Å². The molecule has 6 nitrogen and oxygen atoms in total. The summed E-state index contributed by atoms with van der Waals surface area (Å²) in [6.07, 6.45) is 4.31. The third kappa shape index (κ3) is 3.39. The number of nitrogens with one attached hydrogen (secondary N) is 1. The maximum Gasteiger partial charge on any atom is 0.483 e. The molecule has 2 aromatic heterocycles. The van der Waals surface area contributed by atoms with E-state index in [2.05, 4.69) is 20.1 Å². The van der Waals surface area contributed by atoms with Gasteiger partial charge in [0.2, 0.25) is 0 Å². The standard InChI is InChI=1S/C14H17BN4O2/c20-15(21)11-4-7-19(8-5-11)10-12-9-14(18-17-12)13-3-1-2-6-16-13/h1-4,6,9,20-21H,5,7-8,10H2,(H,17,18). The molecule has 0 radical (unpaired) electrons. The van der Waals surface area contributed by atoms with Gasteiger partial charge in [-0.3, -0.25) is 15.0 Å². The normalized spacial score (nSPS) is 15.8. The van der Waals surface area contributed by atoms with Gasteiger partial charge in [-0.15, -0.1) is 0 Å². The lowest BCUT2D eigenvalue weighted by molar-refractivity contribution is 0.281. The Balaban J connectivity index is 1.64. The van der Waals surface area contributed by atoms with Gasteiger partial charge in [-0.1, -0.05) is 12.1 Å². The molecule has 3 heterocycles. The molecule has 3 rings (SSSR count). The summed E-state index contributed by atoms with van der Waals surface area (Å²) < 4.78 is 0. The van der Waals surface area contributed by atoms with Gasteiger partial charge < -0.3 is 10.0 Å². The maximum absolute atomic E-state index is 9.13. The minimum absolute atomic E-state index is 0.679. The Morgan fingerprint density at radius 1 is 1.29 bits per heavy atom. The van der Waals surface area contributed by atoms with Gasteiger partial charge in [0.25, 0.3) is 0 Å². The zero-order valence-electron chi connectivity index (χ0n) is 11.6. The van der Waals surface area contributed by atoms with E-state index in [4.69, 9.17) is 10.0 Å². The second-order valence-electron chi connectivity index (χ2n) is 5.13. The quantitative estimate of drug-likeness (QED) is 0.716. The van der Waals surface area contributed by atoms with Crippen LogP contribution in [0, 0.1) is 0 Å². The fourth-order valence-corrected chi connectivity index (χ4v) is 2.43. The molecule has 0 fully saturated rings. The van der Waals surface area contributed by atoms with Crippen LogP contribution in [0.3, 0.4) is 0 Å². The van der Waals surface area contributed by atoms with Crippen molar-refractivity contribution in [1.82, 2.24) is 20.1 Å². The summed E-state index contributed by atoms with van der Waals surface area (Å²) in [4.78, 5) is 6.50. The van der Waals surface area contributed by atoms with E-state index < -0.39 is 7.12 Å². The van der Waals surface area contributed by atoms with E-state index in [1.54, 1.807) is 6.20 Å². The highest BCUT2D eigenvalue weighted by atomic mass is 16.4. The van der Waals surface area contributed by atoms with Crippen molar-refractivity contribution < 1.29 is 10.0 Å². The van der Waals surface area contributed by atoms with Crippen molar-refractivity contribution >= 4 is 7.12 Å². The fraction of sp³-hybridized carbons (Fsp3) is 0.286. The lowest BCUT2D eigenvalue weighted by Gasteiger charge is -2.25. The SMILES string of the molecule is OB(O)C1=CCN(Cc2cc(-c3ccccn3)n[nH]2)CC1. The second-order valence-corrected chi connectivity index (χ2v) is 5.13. The maximum atomic E-state index is 9.13. The molecule has 2 aromatic rings. The van der Waals surface area contributed by atoms with Crippen LogP contribution in [0.5, 0.6) is 0 Å². The predicted molar refractivity (Wildman–Crippen MR) is 80.0 cm³/mol. The third-order valence-corrected chi connectivity index (χ3v) is 3.61. The molecule has 0 amide bonds. The Morgan fingerprint density at radius 3 is 2.86 bits per heavy atom. The summed E-state index contributed by atoms with van der Waals surface area (Å²) in [5, 5.41) is 25.6. The molecule has 3 N–H and O–H groups in total. The first-order valence-electron chi connectivity index (χ1n) is 6.95. The molecule has 0 aliphatic carbocycles. The lowest BCUT2D eigenvalue weighted by Crippen LogP contribution is -2.32. The fourth-order valence-electron chi connectivity index (χ4n) is 2.43. The molecule has 0 atom stereocenters. The first kappa shape index (κ1) is 14.0. The number of nitrogens with zero attached hydrogens (tertiary/aromatic N) is 3. The van der Waals surface area contributed by atoms with Gasteiger partial charge in [0, 0.05) is 31.5 Å². The molecule has 0 bridgehead atoms. The van der Waals surface area contributed by atoms with Gasteiger partial charge in [0.1, 0.15) is 5.69 Å². The summed E-state index contributed by atoms with van der Waals surface area (Å²) in [7, 11) is -1.32. The van der Waals surface area contributed by atoms with E-state index in [1.165, 1.54) is 0 Å². The van der Waals surface area contributed by atoms with E-state index in [1.807, 2.05) is 30.3 Å². The molecule has 108 valence electrons. The van der Waals surface area contributed by atoms with Crippen molar-refractivity contribution in [3.05, 3.63) is 47.7 Å². The summed E-state index contributed by atoms with van der Waals surface area (Å²) in [6.45, 7) is 2.28. The Labute approximate surface area is 123 Å². The molecule has 1 aliphatic heterocycles. The highest BCUT2D eigenvalue weighted by Gasteiger charge is 2.20. The highest BCUT2D eigenvalue weighted by Crippen LogP contribution is 2.17. The Hall–Kier alpha value is -1.96. The molecule has 0 aromatic carbocycles. The number of rotatable bonds is 4. The number of hydrogen-bond donors (Lipinski definition) is 3. The summed E-state index contributed by atoms with van der Waals surface area (Å²) in [5.41, 5.74) is 3.41. The zero-order chi connectivity index (χ0) is 14.7. The van der Waals surface area contributed by atoms with Crippen LogP contribution < -0.4 is 0 Å². The van der Waals surface area contributed by atoms with Gasteiger partial charge in [-0.05, 0) is 30.1 Å². The van der Waals surface area contributed by atoms with E-state index in [9.17, 15) is 0 Å². The summed E-state index contributed by atoms with van der Waals surface area (Å²) in [5.74, 6) is 0. The predicted octanol–water partition coefficient (Wildman–Crippen LogP) is 0.616. The first-order valence-corrected chi connectivity index (χ1v) is 6.95. The highest BCUT2D eigenvalue weighted by molar-refractivity contribution is 6.50. The van der Waals surface area contributed by atoms with Crippen molar-refractivity contribution in [3.63, 3.8) is 0 Å². The van der Waals surface area contributed by atoms with Gasteiger partial charge in [0.05, 0.1) is 5.69 Å². The minimum atomic E-state index is -1.32. The van der Waals surface area contributed by atoms with Crippen molar-refractivity contribution in [1.29, 1.82) is 0 Å². The lowest BCUT2D eigenvalue weighted by atomic mass is 9.76. The van der Waals surface area contributed by atoms with Crippen LogP contribution in [0.2, 0.25) is 0 Å². The molecule has 0 unspecified atom stereocenters. The number of pyridine rings is 1. The number of H-pyrrole nitrogens is 1. The van der Waals surface area contributed by atoms with E-state index in [-0.39, 0.29) is 0 Å². The van der Waals surface area contributed by atoms with Gasteiger partial charge >= 0.3 is 7.12 Å². The smallest absolute Gasteiger partial charge is 0.423 e. The van der Waals surface area contributed by atoms with Gasteiger partial charge in [-0.2, -0.15) is 5.10 Å². The number of aromatic nitrogens is 3. The van der Waals surface area contributed by atoms with E-state index in [0.29, 0.717) is 18.4 Å². The summed E-state index contributed by atoms with van der Waals surface area (Å²) in [6, 6.07) is 7.75. The van der Waals surface area contributed by atoms with E-state index >= 15 is 0 Å². The molecule has 1 aliphatic rings. The third-order valence-electron chi connectivity index (χ3n) is 3.61. The topological polar surface area (TPSA) is 85.3 Å². The Morgan fingerprint density at radius 2 is 2.19 bits per heavy atom. The first-order chi connectivity index (χ1) is 10.2. The average Bonchev–Trinajstić information content (AvgIpc) is 2.97. The van der Waals surface area contributed by atoms with Crippen molar-refractivity contribution in [2.75, 3.05) is 13.1 Å². The van der Waals surface area contributed by atoms with Crippen molar-refractivity contribution in [3.8, 4) is 11.4 Å². The van der Waals surface area contributed by atoms with Gasteiger partial charge in [0.15, 0.2) is 0 Å². The van der Waals surface area contributed by atoms with Crippen molar-refractivity contribution in [2.45, 2.75) is 13.0 Å². The van der Waals surface area contributed by atoms with Crippen LogP contribution in [0.15, 0.2) is 42.0 Å². The molecule has 7 heteroatoms. The summed E-state index contributed by atoms with van der Waals surface area (Å²) >= 11 is 0. The number of aromatic amines is 1. The van der Waals surface area contributed by atoms with E-state index in [0.717, 1.165) is 30.2 Å². The minimum Gasteiger partial charge on any atom is -0.423 e. The van der Waals surface area contributed by atoms with Crippen LogP contribution in [-0.4, -0.2) is 50.3 Å². The molecule has 21 heavy (non-hydrogen) atoms. The molecule has 0 spiro atoms. The molecular formula is C14H17BN4O2. The Kier molecular flexibility index (Phi) is 4.14. The monoisotopic (exact) mass is 284 g/mol. The molecule has 0 saturated carbocycles. The van der Waals surface area contributed by atoms with Crippen LogP contribution in [0.1, 0.15) is 12.1 Å². The van der Waals surface area contributed by atoms with Crippen LogP contribution in [0.25, 0.3) is 11.4 Å². The van der Waals surface area contributed by atoms with Gasteiger partial charge in [-0.25, -0.2) is 0 Å². The largest absolute Gasteiger partial charge is 0.483 e. The molecular weight excluding hydrogens is 267 g/mol. The van der Waals surface area contributed by atoms with Crippen LogP contribution in [-0.2, 0) is 6.54 Å². The zero-order valence-corrected chi connectivity index (χ0v) is 11.6. The van der Waals surface area contributed by atoms with Crippen LogP contribution in [0.4, 0.5) is 0 Å². The number of hydrogen-bond acceptors (Lipinski definition) is 5. The average molecular weight is 284 g/mol. The second kappa shape index (κ2) is 6.21. The van der Waals surface area contributed by atoms with Crippen molar-refractivity contribution in [2.24, 2.45) is 0 Å².